The number of hydrogen-bond acceptors (Lipinski definition) is 3. The Labute approximate surface area is 75.8 Å². The summed E-state index contributed by atoms with van der Waals surface area (Å²) < 4.78 is 0. The molecule has 0 aromatic heterocycles. The van der Waals surface area contributed by atoms with Crippen LogP contribution in [-0.4, -0.2) is 46.2 Å². The summed E-state index contributed by atoms with van der Waals surface area (Å²) in [5.41, 5.74) is 2.74. The predicted molar refractivity (Wildman–Crippen MR) is 54.2 cm³/mol. The molecule has 0 aliphatic heterocycles. The molecule has 12 heavy (non-hydrogen) atoms. The van der Waals surface area contributed by atoms with Gasteiger partial charge in [-0.3, -0.25) is 0 Å². The number of rotatable bonds is 5. The van der Waals surface area contributed by atoms with Crippen molar-refractivity contribution in [3.8, 4) is 0 Å². The summed E-state index contributed by atoms with van der Waals surface area (Å²) in [7, 11) is 8.08. The second-order valence-electron chi connectivity index (χ2n) is 3.14. The Morgan fingerprint density at radius 3 is 1.75 bits per heavy atom. The molecule has 0 heterocycles. The Balaban J connectivity index is 4.32. The van der Waals surface area contributed by atoms with Crippen LogP contribution in [-0.2, 0) is 0 Å². The van der Waals surface area contributed by atoms with Gasteiger partial charge in [-0.25, -0.2) is 0 Å². The van der Waals surface area contributed by atoms with E-state index >= 15 is 0 Å². The maximum Gasteiger partial charge on any atom is 0.0194 e. The minimum Gasteiger partial charge on any atom is -0.381 e. The fourth-order valence-electron chi connectivity index (χ4n) is 1.06. The number of nitrogens with one attached hydrogen (secondary N) is 2. The zero-order chi connectivity index (χ0) is 9.56. The molecule has 0 radical (unpaired) electrons. The Morgan fingerprint density at radius 1 is 1.08 bits per heavy atom. The SMILES string of the molecule is CNCC(CNC)=C(C)N(C)C. The third-order valence-corrected chi connectivity index (χ3v) is 1.96. The van der Waals surface area contributed by atoms with Crippen molar-refractivity contribution in [1.82, 2.24) is 15.5 Å². The average molecular weight is 171 g/mol. The molecule has 0 rings (SSSR count). The van der Waals surface area contributed by atoms with Crippen molar-refractivity contribution < 1.29 is 0 Å². The standard InChI is InChI=1S/C9H21N3/c1-8(12(4)5)9(6-10-2)7-11-3/h10-11H,6-7H2,1-5H3. The summed E-state index contributed by atoms with van der Waals surface area (Å²) in [6.07, 6.45) is 0. The maximum atomic E-state index is 3.16. The zero-order valence-electron chi connectivity index (χ0n) is 8.86. The van der Waals surface area contributed by atoms with Gasteiger partial charge in [-0.05, 0) is 26.6 Å². The summed E-state index contributed by atoms with van der Waals surface area (Å²) in [6, 6.07) is 0. The van der Waals surface area contributed by atoms with E-state index in [9.17, 15) is 0 Å². The van der Waals surface area contributed by atoms with E-state index in [-0.39, 0.29) is 0 Å². The highest BCUT2D eigenvalue weighted by Gasteiger charge is 2.01. The average Bonchev–Trinajstić information content (AvgIpc) is 2.03. The van der Waals surface area contributed by atoms with E-state index in [4.69, 9.17) is 0 Å². The Morgan fingerprint density at radius 2 is 1.50 bits per heavy atom. The first-order valence-corrected chi connectivity index (χ1v) is 4.28. The Hall–Kier alpha value is -0.540. The molecule has 0 aromatic carbocycles. The van der Waals surface area contributed by atoms with Crippen molar-refractivity contribution in [3.05, 3.63) is 11.3 Å². The molecule has 72 valence electrons. The van der Waals surface area contributed by atoms with E-state index < -0.39 is 0 Å². The molecule has 0 bridgehead atoms. The largest absolute Gasteiger partial charge is 0.381 e. The van der Waals surface area contributed by atoms with Crippen LogP contribution in [0.1, 0.15) is 6.92 Å². The molecular weight excluding hydrogens is 150 g/mol. The molecule has 2 N–H and O–H groups in total. The molecule has 0 aromatic rings. The van der Waals surface area contributed by atoms with Gasteiger partial charge in [0.05, 0.1) is 0 Å². The van der Waals surface area contributed by atoms with Crippen LogP contribution in [0.2, 0.25) is 0 Å². The van der Waals surface area contributed by atoms with Crippen LogP contribution < -0.4 is 10.6 Å². The van der Waals surface area contributed by atoms with Crippen molar-refractivity contribution in [1.29, 1.82) is 0 Å². The second kappa shape index (κ2) is 6.03. The molecule has 3 heteroatoms. The first kappa shape index (κ1) is 11.5. The van der Waals surface area contributed by atoms with E-state index in [0.29, 0.717) is 0 Å². The molecule has 0 fully saturated rings. The Bertz CT molecular complexity index is 142. The molecule has 0 saturated heterocycles. The molecule has 0 spiro atoms. The van der Waals surface area contributed by atoms with Gasteiger partial charge < -0.3 is 15.5 Å². The van der Waals surface area contributed by atoms with Crippen molar-refractivity contribution in [2.24, 2.45) is 0 Å². The fourth-order valence-corrected chi connectivity index (χ4v) is 1.06. The van der Waals surface area contributed by atoms with Crippen molar-refractivity contribution >= 4 is 0 Å². The monoisotopic (exact) mass is 171 g/mol. The van der Waals surface area contributed by atoms with E-state index in [2.05, 4.69) is 36.6 Å². The summed E-state index contributed by atoms with van der Waals surface area (Å²) >= 11 is 0. The number of allylic oxidation sites excluding steroid dienone is 1. The molecule has 0 amide bonds. The highest BCUT2D eigenvalue weighted by atomic mass is 15.1. The highest BCUT2D eigenvalue weighted by Crippen LogP contribution is 2.04. The summed E-state index contributed by atoms with van der Waals surface area (Å²) in [5.74, 6) is 0. The minimum atomic E-state index is 0.949. The third-order valence-electron chi connectivity index (χ3n) is 1.96. The predicted octanol–water partition coefficient (Wildman–Crippen LogP) is 0.261. The van der Waals surface area contributed by atoms with Gasteiger partial charge in [-0.1, -0.05) is 0 Å². The molecular formula is C9H21N3. The van der Waals surface area contributed by atoms with Gasteiger partial charge >= 0.3 is 0 Å². The Kier molecular flexibility index (Phi) is 5.76. The van der Waals surface area contributed by atoms with Gasteiger partial charge in [0, 0.05) is 32.9 Å². The smallest absolute Gasteiger partial charge is 0.0194 e. The molecule has 0 saturated carbocycles. The lowest BCUT2D eigenvalue weighted by molar-refractivity contribution is 0.500. The lowest BCUT2D eigenvalue weighted by Gasteiger charge is -2.18. The third kappa shape index (κ3) is 3.74. The van der Waals surface area contributed by atoms with Gasteiger partial charge in [0.1, 0.15) is 0 Å². The van der Waals surface area contributed by atoms with Gasteiger partial charge in [0.15, 0.2) is 0 Å². The van der Waals surface area contributed by atoms with Gasteiger partial charge in [0.25, 0.3) is 0 Å². The van der Waals surface area contributed by atoms with Crippen LogP contribution in [0.5, 0.6) is 0 Å². The molecule has 3 nitrogen and oxygen atoms in total. The van der Waals surface area contributed by atoms with E-state index in [1.165, 1.54) is 11.3 Å². The first-order valence-electron chi connectivity index (χ1n) is 4.28. The van der Waals surface area contributed by atoms with Gasteiger partial charge in [-0.2, -0.15) is 0 Å². The topological polar surface area (TPSA) is 27.3 Å². The number of hydrogen-bond donors (Lipinski definition) is 2. The van der Waals surface area contributed by atoms with Crippen LogP contribution in [0.4, 0.5) is 0 Å². The molecule has 0 atom stereocenters. The summed E-state index contributed by atoms with van der Waals surface area (Å²) in [4.78, 5) is 2.14. The van der Waals surface area contributed by atoms with Crippen molar-refractivity contribution in [3.63, 3.8) is 0 Å². The normalized spacial score (nSPS) is 9.75. The van der Waals surface area contributed by atoms with Crippen LogP contribution in [0.3, 0.4) is 0 Å². The van der Waals surface area contributed by atoms with Crippen molar-refractivity contribution in [2.45, 2.75) is 6.92 Å². The first-order chi connectivity index (χ1) is 5.63. The lowest BCUT2D eigenvalue weighted by atomic mass is 10.2. The van der Waals surface area contributed by atoms with Gasteiger partial charge in [0.2, 0.25) is 0 Å². The summed E-state index contributed by atoms with van der Waals surface area (Å²) in [5, 5.41) is 6.33. The zero-order valence-corrected chi connectivity index (χ0v) is 8.86. The summed E-state index contributed by atoms with van der Waals surface area (Å²) in [6.45, 7) is 4.04. The van der Waals surface area contributed by atoms with Crippen LogP contribution in [0.15, 0.2) is 11.3 Å². The fraction of sp³-hybridized carbons (Fsp3) is 0.778. The van der Waals surface area contributed by atoms with E-state index in [0.717, 1.165) is 13.1 Å². The number of nitrogens with zero attached hydrogens (tertiary/aromatic N) is 1. The van der Waals surface area contributed by atoms with Crippen LogP contribution in [0, 0.1) is 0 Å². The quantitative estimate of drug-likeness (QED) is 0.621. The van der Waals surface area contributed by atoms with Crippen LogP contribution in [0.25, 0.3) is 0 Å². The lowest BCUT2D eigenvalue weighted by Crippen LogP contribution is -2.24. The molecule has 0 aliphatic carbocycles. The van der Waals surface area contributed by atoms with Gasteiger partial charge in [-0.15, -0.1) is 0 Å². The molecule has 0 unspecified atom stereocenters. The second-order valence-corrected chi connectivity index (χ2v) is 3.14. The maximum absolute atomic E-state index is 3.16. The van der Waals surface area contributed by atoms with Crippen molar-refractivity contribution in [2.75, 3.05) is 41.3 Å². The molecule has 0 aliphatic rings. The number of likely N-dealkylation sites (N-methyl/N-ethyl adjacent to an activating group) is 2. The van der Waals surface area contributed by atoms with E-state index in [1.54, 1.807) is 0 Å². The minimum absolute atomic E-state index is 0.949. The highest BCUT2D eigenvalue weighted by molar-refractivity contribution is 5.13. The van der Waals surface area contributed by atoms with E-state index in [1.807, 2.05) is 14.1 Å². The van der Waals surface area contributed by atoms with Crippen LogP contribution >= 0.6 is 0 Å².